The first-order chi connectivity index (χ1) is 10.3. The summed E-state index contributed by atoms with van der Waals surface area (Å²) in [5.74, 6) is 0.647. The lowest BCUT2D eigenvalue weighted by atomic mass is 10.0. The third kappa shape index (κ3) is 3.27. The molecular weight excluding hydrogens is 265 g/mol. The number of benzene rings is 1. The Morgan fingerprint density at radius 3 is 2.76 bits per heavy atom. The molecule has 1 aromatic carbocycles. The molecule has 1 aromatic heterocycles. The number of rotatable bonds is 4. The predicted octanol–water partition coefficient (Wildman–Crippen LogP) is 2.80. The second-order valence-electron chi connectivity index (χ2n) is 5.49. The SMILES string of the molecule is CCCc1nc(Cc2ccc(F)cc2)nc2c1CNCC2. The minimum absolute atomic E-state index is 0.206. The first-order valence-electron chi connectivity index (χ1n) is 7.59. The van der Waals surface area contributed by atoms with Gasteiger partial charge < -0.3 is 5.32 Å². The molecule has 0 radical (unpaired) electrons. The second kappa shape index (κ2) is 6.31. The number of aryl methyl sites for hydroxylation is 1. The van der Waals surface area contributed by atoms with Crippen molar-refractivity contribution >= 4 is 0 Å². The zero-order valence-corrected chi connectivity index (χ0v) is 12.3. The molecule has 0 aliphatic carbocycles. The third-order valence-corrected chi connectivity index (χ3v) is 3.83. The zero-order chi connectivity index (χ0) is 14.7. The van der Waals surface area contributed by atoms with Crippen LogP contribution >= 0.6 is 0 Å². The van der Waals surface area contributed by atoms with Crippen LogP contribution in [0.15, 0.2) is 24.3 Å². The van der Waals surface area contributed by atoms with Crippen LogP contribution in [0, 0.1) is 5.82 Å². The van der Waals surface area contributed by atoms with Crippen molar-refractivity contribution in [2.24, 2.45) is 0 Å². The summed E-state index contributed by atoms with van der Waals surface area (Å²) in [6, 6.07) is 6.59. The fraction of sp³-hybridized carbons (Fsp3) is 0.412. The lowest BCUT2D eigenvalue weighted by molar-refractivity contribution is 0.608. The van der Waals surface area contributed by atoms with Gasteiger partial charge in [0, 0.05) is 37.2 Å². The van der Waals surface area contributed by atoms with Gasteiger partial charge in [0.15, 0.2) is 0 Å². The first kappa shape index (κ1) is 14.1. The average molecular weight is 285 g/mol. The highest BCUT2D eigenvalue weighted by molar-refractivity contribution is 5.30. The maximum atomic E-state index is 13.0. The van der Waals surface area contributed by atoms with Crippen LogP contribution in [0.25, 0.3) is 0 Å². The lowest BCUT2D eigenvalue weighted by Gasteiger charge is -2.20. The number of nitrogens with one attached hydrogen (secondary N) is 1. The average Bonchev–Trinajstić information content (AvgIpc) is 2.50. The topological polar surface area (TPSA) is 37.8 Å². The molecule has 0 bridgehead atoms. The van der Waals surface area contributed by atoms with E-state index in [1.54, 1.807) is 12.1 Å². The molecule has 2 aromatic rings. The van der Waals surface area contributed by atoms with Crippen molar-refractivity contribution in [2.45, 2.75) is 39.2 Å². The van der Waals surface area contributed by atoms with E-state index in [0.29, 0.717) is 6.42 Å². The highest BCUT2D eigenvalue weighted by atomic mass is 19.1. The minimum atomic E-state index is -0.206. The summed E-state index contributed by atoms with van der Waals surface area (Å²) in [6.07, 6.45) is 3.70. The number of aromatic nitrogens is 2. The van der Waals surface area contributed by atoms with Crippen molar-refractivity contribution in [3.8, 4) is 0 Å². The van der Waals surface area contributed by atoms with Crippen LogP contribution in [0.5, 0.6) is 0 Å². The van der Waals surface area contributed by atoms with E-state index in [1.807, 2.05) is 0 Å². The number of hydrogen-bond donors (Lipinski definition) is 1. The van der Waals surface area contributed by atoms with Gasteiger partial charge in [0.05, 0.1) is 5.69 Å². The van der Waals surface area contributed by atoms with Crippen molar-refractivity contribution in [3.63, 3.8) is 0 Å². The summed E-state index contributed by atoms with van der Waals surface area (Å²) < 4.78 is 13.0. The Kier molecular flexibility index (Phi) is 4.25. The third-order valence-electron chi connectivity index (χ3n) is 3.83. The van der Waals surface area contributed by atoms with Gasteiger partial charge >= 0.3 is 0 Å². The molecule has 1 N–H and O–H groups in total. The van der Waals surface area contributed by atoms with Crippen LogP contribution in [0.1, 0.15) is 41.7 Å². The van der Waals surface area contributed by atoms with Crippen LogP contribution in [-0.4, -0.2) is 16.5 Å². The predicted molar refractivity (Wildman–Crippen MR) is 80.6 cm³/mol. The number of fused-ring (bicyclic) bond motifs is 1. The maximum absolute atomic E-state index is 13.0. The van der Waals surface area contributed by atoms with Crippen LogP contribution < -0.4 is 5.32 Å². The van der Waals surface area contributed by atoms with Gasteiger partial charge in [0.2, 0.25) is 0 Å². The van der Waals surface area contributed by atoms with Crippen molar-refractivity contribution in [1.29, 1.82) is 0 Å². The Labute approximate surface area is 124 Å². The van der Waals surface area contributed by atoms with Gasteiger partial charge in [0.1, 0.15) is 11.6 Å². The number of hydrogen-bond acceptors (Lipinski definition) is 3. The monoisotopic (exact) mass is 285 g/mol. The fourth-order valence-electron chi connectivity index (χ4n) is 2.78. The summed E-state index contributed by atoms with van der Waals surface area (Å²) >= 11 is 0. The molecule has 0 spiro atoms. The summed E-state index contributed by atoms with van der Waals surface area (Å²) in [4.78, 5) is 9.48. The molecule has 4 heteroatoms. The molecule has 110 valence electrons. The Bertz CT molecular complexity index is 623. The largest absolute Gasteiger partial charge is 0.312 e. The maximum Gasteiger partial charge on any atom is 0.133 e. The molecule has 1 aliphatic heterocycles. The highest BCUT2D eigenvalue weighted by Gasteiger charge is 2.17. The molecule has 0 saturated carbocycles. The molecule has 0 fully saturated rings. The summed E-state index contributed by atoms with van der Waals surface area (Å²) in [5.41, 5.74) is 4.69. The minimum Gasteiger partial charge on any atom is -0.312 e. The van der Waals surface area contributed by atoms with Crippen LogP contribution in [0.3, 0.4) is 0 Å². The first-order valence-corrected chi connectivity index (χ1v) is 7.59. The zero-order valence-electron chi connectivity index (χ0n) is 12.3. The lowest BCUT2D eigenvalue weighted by Crippen LogP contribution is -2.27. The van der Waals surface area contributed by atoms with E-state index in [-0.39, 0.29) is 5.82 Å². The van der Waals surface area contributed by atoms with Gasteiger partial charge in [-0.2, -0.15) is 0 Å². The van der Waals surface area contributed by atoms with Crippen LogP contribution in [-0.2, 0) is 25.8 Å². The highest BCUT2D eigenvalue weighted by Crippen LogP contribution is 2.18. The molecule has 0 atom stereocenters. The molecule has 3 rings (SSSR count). The van der Waals surface area contributed by atoms with Crippen LogP contribution in [0.4, 0.5) is 4.39 Å². The molecule has 0 amide bonds. The van der Waals surface area contributed by atoms with Gasteiger partial charge in [-0.25, -0.2) is 14.4 Å². The Balaban J connectivity index is 1.91. The molecular formula is C17H20FN3. The van der Waals surface area contributed by atoms with Gasteiger partial charge in [-0.3, -0.25) is 0 Å². The normalized spacial score (nSPS) is 14.0. The van der Waals surface area contributed by atoms with Crippen molar-refractivity contribution < 1.29 is 4.39 Å². The quantitative estimate of drug-likeness (QED) is 0.938. The van der Waals surface area contributed by atoms with Gasteiger partial charge in [0.25, 0.3) is 0 Å². The fourth-order valence-corrected chi connectivity index (χ4v) is 2.78. The van der Waals surface area contributed by atoms with Crippen molar-refractivity contribution in [1.82, 2.24) is 15.3 Å². The molecule has 3 nitrogen and oxygen atoms in total. The van der Waals surface area contributed by atoms with Crippen LogP contribution in [0.2, 0.25) is 0 Å². The molecule has 2 heterocycles. The molecule has 1 aliphatic rings. The van der Waals surface area contributed by atoms with E-state index >= 15 is 0 Å². The standard InChI is InChI=1S/C17H20FN3/c1-2-3-15-14-11-19-9-8-16(14)21-17(20-15)10-12-4-6-13(18)7-5-12/h4-7,19H,2-3,8-11H2,1H3. The molecule has 21 heavy (non-hydrogen) atoms. The van der Waals surface area contributed by atoms with E-state index in [1.165, 1.54) is 29.1 Å². The second-order valence-corrected chi connectivity index (χ2v) is 5.49. The van der Waals surface area contributed by atoms with Gasteiger partial charge in [-0.15, -0.1) is 0 Å². The summed E-state index contributed by atoms with van der Waals surface area (Å²) in [7, 11) is 0. The Morgan fingerprint density at radius 1 is 1.19 bits per heavy atom. The summed E-state index contributed by atoms with van der Waals surface area (Å²) in [6.45, 7) is 4.03. The smallest absolute Gasteiger partial charge is 0.133 e. The van der Waals surface area contributed by atoms with E-state index in [0.717, 1.165) is 43.7 Å². The van der Waals surface area contributed by atoms with E-state index in [4.69, 9.17) is 9.97 Å². The van der Waals surface area contributed by atoms with E-state index < -0.39 is 0 Å². The van der Waals surface area contributed by atoms with Crippen molar-refractivity contribution in [3.05, 3.63) is 58.4 Å². The Morgan fingerprint density at radius 2 is 2.00 bits per heavy atom. The van der Waals surface area contributed by atoms with E-state index in [9.17, 15) is 4.39 Å². The van der Waals surface area contributed by atoms with Gasteiger partial charge in [-0.05, 0) is 24.1 Å². The number of nitrogens with zero attached hydrogens (tertiary/aromatic N) is 2. The molecule has 0 saturated heterocycles. The van der Waals surface area contributed by atoms with Gasteiger partial charge in [-0.1, -0.05) is 25.5 Å². The number of halogens is 1. The molecule has 0 unspecified atom stereocenters. The van der Waals surface area contributed by atoms with E-state index in [2.05, 4.69) is 12.2 Å². The van der Waals surface area contributed by atoms with Crippen molar-refractivity contribution in [2.75, 3.05) is 6.54 Å². The Hall–Kier alpha value is -1.81. The summed E-state index contributed by atoms with van der Waals surface area (Å²) in [5, 5.41) is 3.39.